The van der Waals surface area contributed by atoms with E-state index in [4.69, 9.17) is 5.11 Å². The van der Waals surface area contributed by atoms with Crippen molar-refractivity contribution >= 4 is 5.52 Å². The van der Waals surface area contributed by atoms with Crippen LogP contribution in [0.4, 0.5) is 0 Å². The van der Waals surface area contributed by atoms with Crippen LogP contribution in [0.1, 0.15) is 5.69 Å². The maximum absolute atomic E-state index is 9.07. The van der Waals surface area contributed by atoms with Crippen LogP contribution < -0.4 is 0 Å². The molecule has 0 spiro atoms. The van der Waals surface area contributed by atoms with Gasteiger partial charge in [0.2, 0.25) is 0 Å². The highest BCUT2D eigenvalue weighted by molar-refractivity contribution is 5.52. The van der Waals surface area contributed by atoms with Gasteiger partial charge in [0.15, 0.2) is 0 Å². The van der Waals surface area contributed by atoms with Crippen molar-refractivity contribution in [2.24, 2.45) is 0 Å². The van der Waals surface area contributed by atoms with Gasteiger partial charge >= 0.3 is 0 Å². The molecule has 2 aromatic heterocycles. The average Bonchev–Trinajstić information content (AvgIpc) is 2.33. The normalized spacial score (nSPS) is 10.6. The van der Waals surface area contributed by atoms with Gasteiger partial charge < -0.3 is 5.11 Å². The third-order valence-electron chi connectivity index (χ3n) is 1.58. The van der Waals surface area contributed by atoms with Crippen molar-refractivity contribution in [1.29, 1.82) is 0 Å². The molecular formula is C7H7N3O. The number of imidazole rings is 1. The first-order valence-electron chi connectivity index (χ1n) is 3.26. The quantitative estimate of drug-likeness (QED) is 0.601. The van der Waals surface area contributed by atoms with Gasteiger partial charge in [-0.05, 0) is 6.92 Å². The zero-order valence-corrected chi connectivity index (χ0v) is 6.02. The van der Waals surface area contributed by atoms with Gasteiger partial charge in [-0.1, -0.05) is 0 Å². The number of hydrogen-bond donors (Lipinski definition) is 1. The molecule has 0 unspecified atom stereocenters. The maximum atomic E-state index is 9.07. The highest BCUT2D eigenvalue weighted by Crippen LogP contribution is 2.12. The predicted molar refractivity (Wildman–Crippen MR) is 39.4 cm³/mol. The summed E-state index contributed by atoms with van der Waals surface area (Å²) in [5.41, 5.74) is 1.71. The molecule has 0 amide bonds. The zero-order chi connectivity index (χ0) is 7.84. The first-order chi connectivity index (χ1) is 5.27. The molecule has 0 saturated heterocycles. The SMILES string of the molecule is Cc1ncn2ncc(O)cc12. The molecule has 4 heteroatoms. The number of rotatable bonds is 0. The monoisotopic (exact) mass is 149 g/mol. The van der Waals surface area contributed by atoms with Gasteiger partial charge in [0, 0.05) is 6.07 Å². The number of aryl methyl sites for hydroxylation is 1. The minimum absolute atomic E-state index is 0.168. The molecule has 0 aliphatic rings. The number of aromatic hydroxyl groups is 1. The Labute approximate surface area is 63.1 Å². The van der Waals surface area contributed by atoms with Crippen molar-refractivity contribution in [2.45, 2.75) is 6.92 Å². The molecule has 2 aromatic rings. The highest BCUT2D eigenvalue weighted by Gasteiger charge is 1.99. The van der Waals surface area contributed by atoms with Gasteiger partial charge in [-0.15, -0.1) is 0 Å². The fourth-order valence-corrected chi connectivity index (χ4v) is 0.997. The molecule has 4 nitrogen and oxygen atoms in total. The van der Waals surface area contributed by atoms with Crippen molar-refractivity contribution in [3.63, 3.8) is 0 Å². The fraction of sp³-hybridized carbons (Fsp3) is 0.143. The Morgan fingerprint density at radius 1 is 1.55 bits per heavy atom. The van der Waals surface area contributed by atoms with E-state index >= 15 is 0 Å². The Kier molecular flexibility index (Phi) is 1.09. The van der Waals surface area contributed by atoms with E-state index in [0.29, 0.717) is 0 Å². The Morgan fingerprint density at radius 2 is 2.36 bits per heavy atom. The Bertz CT molecular complexity index is 393. The van der Waals surface area contributed by atoms with Gasteiger partial charge in [-0.25, -0.2) is 9.50 Å². The average molecular weight is 149 g/mol. The summed E-state index contributed by atoms with van der Waals surface area (Å²) in [6, 6.07) is 1.63. The standard InChI is InChI=1S/C7H7N3O/c1-5-7-2-6(11)3-9-10(7)4-8-5/h2-4,11H,1H3. The van der Waals surface area contributed by atoms with E-state index in [-0.39, 0.29) is 5.75 Å². The van der Waals surface area contributed by atoms with E-state index in [1.54, 1.807) is 16.9 Å². The molecule has 0 aromatic carbocycles. The summed E-state index contributed by atoms with van der Waals surface area (Å²) in [5, 5.41) is 13.0. The van der Waals surface area contributed by atoms with Crippen molar-refractivity contribution in [1.82, 2.24) is 14.6 Å². The van der Waals surface area contributed by atoms with E-state index in [2.05, 4.69) is 10.1 Å². The van der Waals surface area contributed by atoms with Crippen molar-refractivity contribution < 1.29 is 5.11 Å². The summed E-state index contributed by atoms with van der Waals surface area (Å²) in [6.45, 7) is 1.87. The molecule has 0 aliphatic heterocycles. The third kappa shape index (κ3) is 0.832. The molecule has 0 aliphatic carbocycles. The summed E-state index contributed by atoms with van der Waals surface area (Å²) in [4.78, 5) is 4.03. The highest BCUT2D eigenvalue weighted by atomic mass is 16.3. The molecule has 11 heavy (non-hydrogen) atoms. The van der Waals surface area contributed by atoms with Crippen LogP contribution in [-0.2, 0) is 0 Å². The number of hydrogen-bond acceptors (Lipinski definition) is 3. The lowest BCUT2D eigenvalue weighted by Crippen LogP contribution is -1.87. The van der Waals surface area contributed by atoms with Crippen LogP contribution in [0.15, 0.2) is 18.6 Å². The molecule has 0 saturated carbocycles. The number of fused-ring (bicyclic) bond motifs is 1. The lowest BCUT2D eigenvalue weighted by atomic mass is 10.4. The number of aromatic nitrogens is 3. The summed E-state index contributed by atoms with van der Waals surface area (Å²) in [5.74, 6) is 0.168. The van der Waals surface area contributed by atoms with Crippen LogP contribution in [0.2, 0.25) is 0 Å². The predicted octanol–water partition coefficient (Wildman–Crippen LogP) is 0.743. The second-order valence-electron chi connectivity index (χ2n) is 2.37. The minimum atomic E-state index is 0.168. The fourth-order valence-electron chi connectivity index (χ4n) is 0.997. The summed E-state index contributed by atoms with van der Waals surface area (Å²) < 4.78 is 1.62. The lowest BCUT2D eigenvalue weighted by molar-refractivity contribution is 0.471. The van der Waals surface area contributed by atoms with Crippen LogP contribution >= 0.6 is 0 Å². The van der Waals surface area contributed by atoms with Crippen LogP contribution in [0, 0.1) is 6.92 Å². The van der Waals surface area contributed by atoms with E-state index in [9.17, 15) is 0 Å². The van der Waals surface area contributed by atoms with Gasteiger partial charge in [-0.3, -0.25) is 0 Å². The molecular weight excluding hydrogens is 142 g/mol. The van der Waals surface area contributed by atoms with Gasteiger partial charge in [0.1, 0.15) is 12.1 Å². The summed E-state index contributed by atoms with van der Waals surface area (Å²) >= 11 is 0. The Hall–Kier alpha value is -1.58. The van der Waals surface area contributed by atoms with E-state index in [0.717, 1.165) is 11.2 Å². The van der Waals surface area contributed by atoms with Crippen LogP contribution in [-0.4, -0.2) is 19.7 Å². The second kappa shape index (κ2) is 1.95. The van der Waals surface area contributed by atoms with E-state index in [1.807, 2.05) is 6.92 Å². The van der Waals surface area contributed by atoms with E-state index < -0.39 is 0 Å². The Balaban J connectivity index is 2.87. The van der Waals surface area contributed by atoms with Crippen molar-refractivity contribution in [3.05, 3.63) is 24.3 Å². The first kappa shape index (κ1) is 6.15. The molecule has 2 heterocycles. The number of nitrogens with zero attached hydrogens (tertiary/aromatic N) is 3. The molecule has 0 bridgehead atoms. The first-order valence-corrected chi connectivity index (χ1v) is 3.26. The van der Waals surface area contributed by atoms with Gasteiger partial charge in [-0.2, -0.15) is 5.10 Å². The third-order valence-corrected chi connectivity index (χ3v) is 1.58. The second-order valence-corrected chi connectivity index (χ2v) is 2.37. The molecule has 0 radical (unpaired) electrons. The lowest BCUT2D eigenvalue weighted by Gasteiger charge is -1.92. The molecule has 56 valence electrons. The van der Waals surface area contributed by atoms with Crippen LogP contribution in [0.5, 0.6) is 5.75 Å². The Morgan fingerprint density at radius 3 is 3.18 bits per heavy atom. The molecule has 2 rings (SSSR count). The molecule has 0 fully saturated rings. The smallest absolute Gasteiger partial charge is 0.137 e. The van der Waals surface area contributed by atoms with Gasteiger partial charge in [0.25, 0.3) is 0 Å². The topological polar surface area (TPSA) is 50.4 Å². The van der Waals surface area contributed by atoms with Crippen molar-refractivity contribution in [2.75, 3.05) is 0 Å². The molecule has 0 atom stereocenters. The minimum Gasteiger partial charge on any atom is -0.506 e. The van der Waals surface area contributed by atoms with Gasteiger partial charge in [0.05, 0.1) is 17.4 Å². The largest absolute Gasteiger partial charge is 0.506 e. The summed E-state index contributed by atoms with van der Waals surface area (Å²) in [7, 11) is 0. The van der Waals surface area contributed by atoms with E-state index in [1.165, 1.54) is 6.20 Å². The zero-order valence-electron chi connectivity index (χ0n) is 6.02. The van der Waals surface area contributed by atoms with Crippen LogP contribution in [0.3, 0.4) is 0 Å². The molecule has 1 N–H and O–H groups in total. The summed E-state index contributed by atoms with van der Waals surface area (Å²) in [6.07, 6.45) is 3.00. The maximum Gasteiger partial charge on any atom is 0.137 e. The van der Waals surface area contributed by atoms with Crippen molar-refractivity contribution in [3.8, 4) is 5.75 Å². The van der Waals surface area contributed by atoms with Crippen LogP contribution in [0.25, 0.3) is 5.52 Å².